The van der Waals surface area contributed by atoms with Crippen molar-refractivity contribution in [2.45, 2.75) is 31.9 Å². The summed E-state index contributed by atoms with van der Waals surface area (Å²) in [6.07, 6.45) is 8.44. The number of pyridine rings is 2. The van der Waals surface area contributed by atoms with Crippen LogP contribution in [0.3, 0.4) is 0 Å². The molecule has 2 heterocycles. The first-order valence-corrected chi connectivity index (χ1v) is 13.8. The van der Waals surface area contributed by atoms with Crippen molar-refractivity contribution < 1.29 is 19.0 Å². The Morgan fingerprint density at radius 1 is 1.00 bits per heavy atom. The minimum absolute atomic E-state index is 0.257. The van der Waals surface area contributed by atoms with Crippen LogP contribution in [-0.4, -0.2) is 29.7 Å². The molecular weight excluding hydrogens is 549 g/mol. The SMILES string of the molecule is COc1ccc(C(Cc2c(Cl)cncc2Cl)OC(=O)c2ccc(CNc3cccnc3)cc2)cc1OCC1CC1. The van der Waals surface area contributed by atoms with Crippen molar-refractivity contribution in [3.05, 3.63) is 112 Å². The predicted octanol–water partition coefficient (Wildman–Crippen LogP) is 7.33. The Balaban J connectivity index is 1.35. The first-order chi connectivity index (χ1) is 19.5. The molecule has 5 rings (SSSR count). The van der Waals surface area contributed by atoms with E-state index < -0.39 is 12.1 Å². The van der Waals surface area contributed by atoms with Gasteiger partial charge in [-0.3, -0.25) is 9.97 Å². The van der Waals surface area contributed by atoms with Crippen molar-refractivity contribution in [3.8, 4) is 11.5 Å². The highest BCUT2D eigenvalue weighted by Crippen LogP contribution is 2.37. The molecule has 1 unspecified atom stereocenters. The molecule has 1 fully saturated rings. The van der Waals surface area contributed by atoms with E-state index >= 15 is 0 Å². The zero-order valence-electron chi connectivity index (χ0n) is 22.0. The summed E-state index contributed by atoms with van der Waals surface area (Å²) in [5, 5.41) is 4.11. The molecule has 7 nitrogen and oxygen atoms in total. The number of nitrogens with zero attached hydrogens (tertiary/aromatic N) is 2. The molecule has 2 aromatic carbocycles. The van der Waals surface area contributed by atoms with E-state index in [0.29, 0.717) is 51.7 Å². The van der Waals surface area contributed by atoms with Gasteiger partial charge < -0.3 is 19.5 Å². The van der Waals surface area contributed by atoms with E-state index in [0.717, 1.165) is 16.8 Å². The quantitative estimate of drug-likeness (QED) is 0.176. The number of carbonyl (C=O) groups excluding carboxylic acids is 1. The summed E-state index contributed by atoms with van der Waals surface area (Å²) in [7, 11) is 1.60. The number of hydrogen-bond acceptors (Lipinski definition) is 7. The largest absolute Gasteiger partial charge is 0.493 e. The van der Waals surface area contributed by atoms with Gasteiger partial charge in [0.15, 0.2) is 11.5 Å². The fraction of sp³-hybridized carbons (Fsp3) is 0.258. The summed E-state index contributed by atoms with van der Waals surface area (Å²) in [5.41, 5.74) is 3.74. The van der Waals surface area contributed by atoms with Crippen molar-refractivity contribution >= 4 is 34.9 Å². The standard InChI is InChI=1S/C31H29Cl2N3O4/c1-38-28-11-10-23(13-30(28)39-19-21-4-5-21)29(14-25-26(32)17-35-18-27(25)33)40-31(37)22-8-6-20(7-9-22)15-36-24-3-2-12-34-16-24/h2-3,6-13,16-18,21,29,36H,4-5,14-15,19H2,1H3. The lowest BCUT2D eigenvalue weighted by atomic mass is 10.0. The lowest BCUT2D eigenvalue weighted by molar-refractivity contribution is 0.0297. The second kappa shape index (κ2) is 13.0. The Kier molecular flexibility index (Phi) is 9.04. The molecule has 40 heavy (non-hydrogen) atoms. The Bertz CT molecular complexity index is 1430. The molecule has 1 atom stereocenters. The smallest absolute Gasteiger partial charge is 0.338 e. The monoisotopic (exact) mass is 577 g/mol. The summed E-state index contributed by atoms with van der Waals surface area (Å²) in [4.78, 5) is 21.5. The maximum atomic E-state index is 13.3. The van der Waals surface area contributed by atoms with Gasteiger partial charge in [-0.05, 0) is 71.8 Å². The zero-order chi connectivity index (χ0) is 27.9. The van der Waals surface area contributed by atoms with Gasteiger partial charge in [0, 0.05) is 37.8 Å². The molecule has 0 aliphatic heterocycles. The Hall–Kier alpha value is -3.81. The maximum Gasteiger partial charge on any atom is 0.338 e. The van der Waals surface area contributed by atoms with Crippen LogP contribution in [0.2, 0.25) is 10.0 Å². The normalized spacial score (nSPS) is 13.4. The van der Waals surface area contributed by atoms with Gasteiger partial charge in [-0.2, -0.15) is 0 Å². The molecule has 4 aromatic rings. The lowest BCUT2D eigenvalue weighted by Crippen LogP contribution is -2.15. The summed E-state index contributed by atoms with van der Waals surface area (Å²) < 4.78 is 17.6. The second-order valence-corrected chi connectivity index (χ2v) is 10.5. The van der Waals surface area contributed by atoms with E-state index in [9.17, 15) is 4.79 Å². The highest BCUT2D eigenvalue weighted by molar-refractivity contribution is 6.35. The Morgan fingerprint density at radius 2 is 1.77 bits per heavy atom. The summed E-state index contributed by atoms with van der Waals surface area (Å²) in [5.74, 6) is 1.32. The summed E-state index contributed by atoms with van der Waals surface area (Å²) in [6.45, 7) is 1.21. The highest BCUT2D eigenvalue weighted by atomic mass is 35.5. The number of halogens is 2. The van der Waals surface area contributed by atoms with Crippen molar-refractivity contribution in [1.29, 1.82) is 0 Å². The van der Waals surface area contributed by atoms with Gasteiger partial charge in [-0.25, -0.2) is 4.79 Å². The highest BCUT2D eigenvalue weighted by Gasteiger charge is 2.25. The van der Waals surface area contributed by atoms with Crippen LogP contribution < -0.4 is 14.8 Å². The van der Waals surface area contributed by atoms with Gasteiger partial charge in [0.25, 0.3) is 0 Å². The van der Waals surface area contributed by atoms with Gasteiger partial charge in [0.1, 0.15) is 6.10 Å². The molecule has 0 saturated heterocycles. The molecule has 1 saturated carbocycles. The minimum atomic E-state index is -0.689. The number of carbonyl (C=O) groups is 1. The fourth-order valence-corrected chi connectivity index (χ4v) is 4.69. The average Bonchev–Trinajstić information content (AvgIpc) is 3.81. The third-order valence-corrected chi connectivity index (χ3v) is 7.32. The van der Waals surface area contributed by atoms with Crippen LogP contribution in [0.4, 0.5) is 5.69 Å². The van der Waals surface area contributed by atoms with Crippen LogP contribution in [0.25, 0.3) is 0 Å². The van der Waals surface area contributed by atoms with Crippen LogP contribution in [0, 0.1) is 5.92 Å². The van der Waals surface area contributed by atoms with E-state index in [1.807, 2.05) is 42.5 Å². The van der Waals surface area contributed by atoms with Crippen LogP contribution in [0.1, 0.15) is 46.0 Å². The van der Waals surface area contributed by atoms with Crippen LogP contribution in [-0.2, 0) is 17.7 Å². The summed E-state index contributed by atoms with van der Waals surface area (Å²) >= 11 is 12.9. The van der Waals surface area contributed by atoms with Crippen LogP contribution in [0.15, 0.2) is 79.4 Å². The first-order valence-electron chi connectivity index (χ1n) is 13.0. The molecule has 9 heteroatoms. The Labute approximate surface area is 243 Å². The van der Waals surface area contributed by atoms with E-state index in [1.54, 1.807) is 31.6 Å². The molecule has 1 aliphatic carbocycles. The van der Waals surface area contributed by atoms with Gasteiger partial charge in [-0.1, -0.05) is 41.4 Å². The number of ether oxygens (including phenoxy) is 3. The van der Waals surface area contributed by atoms with E-state index in [4.69, 9.17) is 37.4 Å². The number of rotatable bonds is 12. The van der Waals surface area contributed by atoms with Crippen molar-refractivity contribution in [1.82, 2.24) is 9.97 Å². The maximum absolute atomic E-state index is 13.3. The fourth-order valence-electron chi connectivity index (χ4n) is 4.17. The van der Waals surface area contributed by atoms with E-state index in [1.165, 1.54) is 25.2 Å². The van der Waals surface area contributed by atoms with E-state index in [2.05, 4.69) is 15.3 Å². The molecule has 0 bridgehead atoms. The minimum Gasteiger partial charge on any atom is -0.493 e. The van der Waals surface area contributed by atoms with Crippen molar-refractivity contribution in [3.63, 3.8) is 0 Å². The molecule has 1 N–H and O–H groups in total. The van der Waals surface area contributed by atoms with Crippen LogP contribution in [0.5, 0.6) is 11.5 Å². The topological polar surface area (TPSA) is 82.6 Å². The molecule has 0 radical (unpaired) electrons. The van der Waals surface area contributed by atoms with Crippen molar-refractivity contribution in [2.75, 3.05) is 19.0 Å². The van der Waals surface area contributed by atoms with Gasteiger partial charge in [0.05, 0.1) is 35.0 Å². The molecule has 0 spiro atoms. The van der Waals surface area contributed by atoms with Gasteiger partial charge in [0.2, 0.25) is 0 Å². The zero-order valence-corrected chi connectivity index (χ0v) is 23.5. The lowest BCUT2D eigenvalue weighted by Gasteiger charge is -2.21. The molecule has 206 valence electrons. The third kappa shape index (κ3) is 7.23. The van der Waals surface area contributed by atoms with E-state index in [-0.39, 0.29) is 6.42 Å². The third-order valence-electron chi connectivity index (χ3n) is 6.67. The van der Waals surface area contributed by atoms with Gasteiger partial charge in [-0.15, -0.1) is 0 Å². The molecule has 1 aliphatic rings. The predicted molar refractivity (Wildman–Crippen MR) is 155 cm³/mol. The molecular formula is C31H29Cl2N3O4. The van der Waals surface area contributed by atoms with Crippen LogP contribution >= 0.6 is 23.2 Å². The number of benzene rings is 2. The van der Waals surface area contributed by atoms with Crippen molar-refractivity contribution in [2.24, 2.45) is 5.92 Å². The average molecular weight is 578 g/mol. The number of methoxy groups -OCH3 is 1. The number of hydrogen-bond donors (Lipinski definition) is 1. The number of aromatic nitrogens is 2. The number of anilines is 1. The second-order valence-electron chi connectivity index (χ2n) is 9.64. The van der Waals surface area contributed by atoms with Gasteiger partial charge >= 0.3 is 5.97 Å². The molecule has 0 amide bonds. The molecule has 2 aromatic heterocycles. The number of esters is 1. The summed E-state index contributed by atoms with van der Waals surface area (Å²) in [6, 6.07) is 16.6. The number of nitrogens with one attached hydrogen (secondary N) is 1. The Morgan fingerprint density at radius 3 is 2.45 bits per heavy atom. The first kappa shape index (κ1) is 27.7.